The Labute approximate surface area is 331 Å². The number of carbonyl (C=O) groups excluding carboxylic acids is 3. The summed E-state index contributed by atoms with van der Waals surface area (Å²) in [5, 5.41) is 11.8. The molecule has 3 atom stereocenters. The molecule has 1 N–H and O–H groups in total. The van der Waals surface area contributed by atoms with E-state index in [1.54, 1.807) is 38.2 Å². The topological polar surface area (TPSA) is 131 Å². The number of carbonyl (C=O) groups is 3. The van der Waals surface area contributed by atoms with Crippen molar-refractivity contribution in [2.75, 3.05) is 44.3 Å². The summed E-state index contributed by atoms with van der Waals surface area (Å²) in [5.74, 6) is -0.825. The summed E-state index contributed by atoms with van der Waals surface area (Å²) in [5.41, 5.74) is -1.85. The molecule has 0 bridgehead atoms. The van der Waals surface area contributed by atoms with Crippen LogP contribution in [-0.2, 0) is 25.3 Å². The molecule has 0 radical (unpaired) electrons. The maximum Gasteiger partial charge on any atom is 0.417 e. The molecular formula is C40H50F3N7O5S. The number of hydrogen-bond donors (Lipinski definition) is 1. The van der Waals surface area contributed by atoms with E-state index in [4.69, 9.17) is 21.7 Å². The molecular weight excluding hydrogens is 748 g/mol. The summed E-state index contributed by atoms with van der Waals surface area (Å²) >= 11 is 5.75. The second kappa shape index (κ2) is 17.1. The molecule has 0 spiro atoms. The molecule has 56 heavy (non-hydrogen) atoms. The van der Waals surface area contributed by atoms with Gasteiger partial charge in [0.25, 0.3) is 5.91 Å². The lowest BCUT2D eigenvalue weighted by Crippen LogP contribution is -2.57. The van der Waals surface area contributed by atoms with Gasteiger partial charge in [-0.15, -0.1) is 0 Å². The number of piperazine rings is 1. The minimum atomic E-state index is -4.75. The van der Waals surface area contributed by atoms with Crippen LogP contribution in [0.5, 0.6) is 5.88 Å². The van der Waals surface area contributed by atoms with E-state index in [0.29, 0.717) is 44.0 Å². The summed E-state index contributed by atoms with van der Waals surface area (Å²) in [6.07, 6.45) is 1.60. The largest absolute Gasteiger partial charge is 0.478 e. The highest BCUT2D eigenvalue weighted by molar-refractivity contribution is 7.80. The average molecular weight is 798 g/mol. The average Bonchev–Trinajstić information content (AvgIpc) is 3.32. The van der Waals surface area contributed by atoms with Crippen LogP contribution in [0.2, 0.25) is 0 Å². The van der Waals surface area contributed by atoms with E-state index >= 15 is 0 Å². The van der Waals surface area contributed by atoms with Gasteiger partial charge in [0.1, 0.15) is 5.54 Å². The Bertz CT molecular complexity index is 1830. The van der Waals surface area contributed by atoms with Gasteiger partial charge >= 0.3 is 6.18 Å². The second-order valence-electron chi connectivity index (χ2n) is 15.8. The van der Waals surface area contributed by atoms with Crippen molar-refractivity contribution in [2.45, 2.75) is 115 Å². The maximum atomic E-state index is 13.7. The molecule has 3 saturated heterocycles. The normalized spacial score (nSPS) is 26.4. The Balaban J connectivity index is 0.920. The molecule has 1 unspecified atom stereocenters. The third-order valence-corrected chi connectivity index (χ3v) is 12.0. The van der Waals surface area contributed by atoms with Crippen LogP contribution in [0, 0.1) is 11.3 Å². The standard InChI is InChI=1S/C40H50F3N7O5S/c1-25-23-47(24-26(2)48(25)16-5-18-55-35-20-27(14-15-45-35)32-12-13-34(51)46-36(32)52)17-19-54-31-10-8-29(9-11-31)50-38(56)49(37(53)39(50,3)4)30-7-6-28(22-44)33(21-30)40(41,42)43/h6-7,14-15,20-21,25-26,29,31-32H,5,8-13,16-19,23-24H2,1-4H3,(H,46,51,52)/t25-,26+,29-,31-,32?. The van der Waals surface area contributed by atoms with Crippen molar-refractivity contribution in [2.24, 2.45) is 0 Å². The summed E-state index contributed by atoms with van der Waals surface area (Å²) in [4.78, 5) is 49.7. The minimum Gasteiger partial charge on any atom is -0.478 e. The first-order chi connectivity index (χ1) is 26.6. The maximum absolute atomic E-state index is 13.7. The van der Waals surface area contributed by atoms with Crippen molar-refractivity contribution in [1.29, 1.82) is 5.26 Å². The summed E-state index contributed by atoms with van der Waals surface area (Å²) in [6, 6.07) is 9.05. The van der Waals surface area contributed by atoms with Crippen molar-refractivity contribution >= 4 is 40.7 Å². The molecule has 3 amide bonds. The van der Waals surface area contributed by atoms with Crippen LogP contribution in [0.15, 0.2) is 36.5 Å². The Kier molecular flexibility index (Phi) is 12.7. The number of ether oxygens (including phenoxy) is 2. The van der Waals surface area contributed by atoms with Gasteiger partial charge in [-0.05, 0) is 108 Å². The Hall–Kier alpha value is -4.17. The smallest absolute Gasteiger partial charge is 0.417 e. The number of anilines is 1. The molecule has 302 valence electrons. The van der Waals surface area contributed by atoms with Crippen LogP contribution in [0.25, 0.3) is 0 Å². The Morgan fingerprint density at radius 1 is 1.00 bits per heavy atom. The highest BCUT2D eigenvalue weighted by atomic mass is 32.1. The predicted octanol–water partition coefficient (Wildman–Crippen LogP) is 5.40. The van der Waals surface area contributed by atoms with Crippen LogP contribution < -0.4 is 15.0 Å². The van der Waals surface area contributed by atoms with E-state index in [2.05, 4.69) is 33.9 Å². The number of benzene rings is 1. The molecule has 1 aromatic carbocycles. The lowest BCUT2D eigenvalue weighted by molar-refractivity contribution is -0.138. The zero-order chi connectivity index (χ0) is 40.4. The fourth-order valence-corrected chi connectivity index (χ4v) is 9.28. The molecule has 3 aliphatic heterocycles. The number of alkyl halides is 3. The van der Waals surface area contributed by atoms with Crippen molar-refractivity contribution in [1.82, 2.24) is 25.0 Å². The third kappa shape index (κ3) is 9.01. The number of imide groups is 1. The number of rotatable bonds is 12. The monoisotopic (exact) mass is 797 g/mol. The highest BCUT2D eigenvalue weighted by Gasteiger charge is 2.52. The number of halogens is 3. The summed E-state index contributed by atoms with van der Waals surface area (Å²) in [7, 11) is 0. The van der Waals surface area contributed by atoms with Gasteiger partial charge in [-0.3, -0.25) is 34.4 Å². The number of nitriles is 1. The number of piperidine rings is 1. The lowest BCUT2D eigenvalue weighted by atomic mass is 9.89. The quantitative estimate of drug-likeness (QED) is 0.169. The number of hydrogen-bond acceptors (Lipinski definition) is 10. The number of thiocarbonyl (C=S) groups is 1. The first-order valence-corrected chi connectivity index (χ1v) is 19.8. The Morgan fingerprint density at radius 2 is 1.71 bits per heavy atom. The van der Waals surface area contributed by atoms with Crippen molar-refractivity contribution in [3.63, 3.8) is 0 Å². The molecule has 4 aliphatic rings. The number of nitrogens with one attached hydrogen (secondary N) is 1. The van der Waals surface area contributed by atoms with Crippen LogP contribution in [0.3, 0.4) is 0 Å². The molecule has 16 heteroatoms. The van der Waals surface area contributed by atoms with E-state index in [0.717, 1.165) is 76.0 Å². The van der Waals surface area contributed by atoms with Crippen molar-refractivity contribution in [3.05, 3.63) is 53.2 Å². The van der Waals surface area contributed by atoms with Gasteiger partial charge in [-0.25, -0.2) is 4.98 Å². The number of nitrogens with zero attached hydrogens (tertiary/aromatic N) is 6. The lowest BCUT2D eigenvalue weighted by Gasteiger charge is -2.44. The molecule has 2 aromatic rings. The van der Waals surface area contributed by atoms with E-state index < -0.39 is 28.7 Å². The zero-order valence-electron chi connectivity index (χ0n) is 32.3. The van der Waals surface area contributed by atoms with Crippen LogP contribution in [0.4, 0.5) is 18.9 Å². The van der Waals surface area contributed by atoms with Gasteiger partial charge in [-0.2, -0.15) is 18.4 Å². The molecule has 12 nitrogen and oxygen atoms in total. The van der Waals surface area contributed by atoms with Crippen LogP contribution in [0.1, 0.15) is 95.2 Å². The number of amides is 3. The molecule has 1 aromatic heterocycles. The molecule has 4 fully saturated rings. The molecule has 6 rings (SSSR count). The van der Waals surface area contributed by atoms with E-state index in [9.17, 15) is 32.8 Å². The number of aromatic nitrogens is 1. The van der Waals surface area contributed by atoms with Gasteiger partial charge < -0.3 is 14.4 Å². The Morgan fingerprint density at radius 3 is 2.38 bits per heavy atom. The van der Waals surface area contributed by atoms with Crippen molar-refractivity contribution in [3.8, 4) is 11.9 Å². The fraction of sp³-hybridized carbons (Fsp3) is 0.600. The number of pyridine rings is 1. The summed E-state index contributed by atoms with van der Waals surface area (Å²) < 4.78 is 53.5. The zero-order valence-corrected chi connectivity index (χ0v) is 33.1. The van der Waals surface area contributed by atoms with Gasteiger partial charge in [0.05, 0.1) is 48.1 Å². The van der Waals surface area contributed by atoms with E-state index in [-0.39, 0.29) is 40.7 Å². The van der Waals surface area contributed by atoms with Gasteiger partial charge in [-0.1, -0.05) is 0 Å². The minimum absolute atomic E-state index is 0.00137. The van der Waals surface area contributed by atoms with Gasteiger partial charge in [0, 0.05) is 63.0 Å². The van der Waals surface area contributed by atoms with E-state index in [1.807, 2.05) is 4.90 Å². The SMILES string of the molecule is C[C@@H]1CN(CCO[C@H]2CC[C@H](N3C(=S)N(c4ccc(C#N)c(C(F)(F)F)c4)C(=O)C3(C)C)CC2)C[C@H](C)N1CCCOc1cc(C2CCC(=O)NC2=O)ccn1. The molecule has 1 saturated carbocycles. The first-order valence-electron chi connectivity index (χ1n) is 19.4. The molecule has 4 heterocycles. The van der Waals surface area contributed by atoms with Crippen LogP contribution >= 0.6 is 12.2 Å². The first kappa shape index (κ1) is 41.5. The van der Waals surface area contributed by atoms with Gasteiger partial charge in [0.15, 0.2) is 5.11 Å². The van der Waals surface area contributed by atoms with E-state index in [1.165, 1.54) is 11.0 Å². The van der Waals surface area contributed by atoms with Crippen molar-refractivity contribution < 1.29 is 37.0 Å². The fourth-order valence-electron chi connectivity index (χ4n) is 8.72. The van der Waals surface area contributed by atoms with Crippen LogP contribution in [-0.4, -0.2) is 112 Å². The second-order valence-corrected chi connectivity index (χ2v) is 16.2. The summed E-state index contributed by atoms with van der Waals surface area (Å²) in [6.45, 7) is 12.6. The van der Waals surface area contributed by atoms with Gasteiger partial charge in [0.2, 0.25) is 17.7 Å². The highest BCUT2D eigenvalue weighted by Crippen LogP contribution is 2.41. The third-order valence-electron chi connectivity index (χ3n) is 11.6. The molecule has 1 aliphatic carbocycles. The predicted molar refractivity (Wildman–Crippen MR) is 206 cm³/mol.